The molecule has 1 heterocycles. The minimum Gasteiger partial charge on any atom is -0.382 e. The van der Waals surface area contributed by atoms with Crippen molar-refractivity contribution in [2.24, 2.45) is 0 Å². The first-order valence-electron chi connectivity index (χ1n) is 7.71. The number of aromatic nitrogens is 1. The van der Waals surface area contributed by atoms with E-state index in [2.05, 4.69) is 94.2 Å². The lowest BCUT2D eigenvalue weighted by atomic mass is 10.1. The molecule has 1 N–H and O–H groups in total. The third kappa shape index (κ3) is 3.75. The van der Waals surface area contributed by atoms with Gasteiger partial charge in [0.15, 0.2) is 0 Å². The summed E-state index contributed by atoms with van der Waals surface area (Å²) in [5.74, 6) is 0. The second kappa shape index (κ2) is 7.17. The first kappa shape index (κ1) is 16.1. The summed E-state index contributed by atoms with van der Waals surface area (Å²) in [5, 5.41) is 4.74. The van der Waals surface area contributed by atoms with Crippen molar-refractivity contribution in [3.8, 4) is 0 Å². The van der Waals surface area contributed by atoms with E-state index in [0.29, 0.717) is 6.04 Å². The van der Waals surface area contributed by atoms with Crippen molar-refractivity contribution in [2.75, 3.05) is 23.8 Å². The minimum absolute atomic E-state index is 0.379. The summed E-state index contributed by atoms with van der Waals surface area (Å²) in [6, 6.07) is 19.3. The highest BCUT2D eigenvalue weighted by atomic mass is 127. The number of fused-ring (bicyclic) bond motifs is 1. The van der Waals surface area contributed by atoms with Crippen LogP contribution in [0.5, 0.6) is 0 Å². The van der Waals surface area contributed by atoms with E-state index in [1.165, 1.54) is 14.6 Å². The molecule has 0 bridgehead atoms. The zero-order chi connectivity index (χ0) is 16.2. The number of pyridine rings is 1. The Bertz CT molecular complexity index is 789. The molecule has 3 rings (SSSR count). The van der Waals surface area contributed by atoms with Crippen molar-refractivity contribution < 1.29 is 0 Å². The normalized spacial score (nSPS) is 12.1. The van der Waals surface area contributed by atoms with Crippen molar-refractivity contribution in [3.05, 3.63) is 64.4 Å². The topological polar surface area (TPSA) is 28.2 Å². The molecular weight excluding hydrogens is 397 g/mol. The molecule has 3 aromatic rings. The van der Waals surface area contributed by atoms with Gasteiger partial charge >= 0.3 is 0 Å². The predicted octanol–water partition coefficient (Wildman–Crippen LogP) is 4.78. The SMILES string of the molecule is CC(CNc1ccnc2cc(I)ccc12)N(C)c1ccccc1. The van der Waals surface area contributed by atoms with Crippen molar-refractivity contribution in [1.82, 2.24) is 4.98 Å². The molecule has 0 saturated carbocycles. The largest absolute Gasteiger partial charge is 0.382 e. The van der Waals surface area contributed by atoms with Crippen LogP contribution in [0.3, 0.4) is 0 Å². The first-order chi connectivity index (χ1) is 11.1. The third-order valence-electron chi connectivity index (χ3n) is 4.12. The maximum Gasteiger partial charge on any atom is 0.0733 e. The highest BCUT2D eigenvalue weighted by Crippen LogP contribution is 2.23. The van der Waals surface area contributed by atoms with Crippen LogP contribution in [-0.2, 0) is 0 Å². The summed E-state index contributed by atoms with van der Waals surface area (Å²) in [5.41, 5.74) is 3.40. The van der Waals surface area contributed by atoms with Gasteiger partial charge in [0.2, 0.25) is 0 Å². The summed E-state index contributed by atoms with van der Waals surface area (Å²) in [6.07, 6.45) is 1.87. The van der Waals surface area contributed by atoms with Crippen LogP contribution in [0.2, 0.25) is 0 Å². The van der Waals surface area contributed by atoms with E-state index in [1.807, 2.05) is 18.3 Å². The number of para-hydroxylation sites is 1. The van der Waals surface area contributed by atoms with E-state index in [9.17, 15) is 0 Å². The maximum atomic E-state index is 4.46. The van der Waals surface area contributed by atoms with E-state index in [1.54, 1.807) is 0 Å². The number of halogens is 1. The van der Waals surface area contributed by atoms with E-state index in [-0.39, 0.29) is 0 Å². The maximum absolute atomic E-state index is 4.46. The van der Waals surface area contributed by atoms with Gasteiger partial charge in [0, 0.05) is 46.2 Å². The van der Waals surface area contributed by atoms with Crippen LogP contribution >= 0.6 is 22.6 Å². The Morgan fingerprint density at radius 3 is 2.70 bits per heavy atom. The second-order valence-corrected chi connectivity index (χ2v) is 6.94. The van der Waals surface area contributed by atoms with Gasteiger partial charge in [-0.1, -0.05) is 18.2 Å². The minimum atomic E-state index is 0.379. The molecule has 0 aliphatic rings. The summed E-state index contributed by atoms with van der Waals surface area (Å²) in [4.78, 5) is 6.75. The fraction of sp³-hybridized carbons (Fsp3) is 0.211. The number of anilines is 2. The van der Waals surface area contributed by atoms with Gasteiger partial charge in [0.25, 0.3) is 0 Å². The Labute approximate surface area is 150 Å². The number of benzene rings is 2. The van der Waals surface area contributed by atoms with Crippen molar-refractivity contribution in [3.63, 3.8) is 0 Å². The molecule has 118 valence electrons. The number of nitrogens with zero attached hydrogens (tertiary/aromatic N) is 2. The van der Waals surface area contributed by atoms with Gasteiger partial charge in [0.05, 0.1) is 5.52 Å². The van der Waals surface area contributed by atoms with Crippen molar-refractivity contribution >= 4 is 44.9 Å². The monoisotopic (exact) mass is 417 g/mol. The van der Waals surface area contributed by atoms with Crippen molar-refractivity contribution in [2.45, 2.75) is 13.0 Å². The molecule has 1 atom stereocenters. The molecule has 0 radical (unpaired) electrons. The zero-order valence-corrected chi connectivity index (χ0v) is 15.5. The molecular formula is C19H20IN3. The van der Waals surface area contributed by atoms with Gasteiger partial charge in [-0.3, -0.25) is 4.98 Å². The Morgan fingerprint density at radius 1 is 1.13 bits per heavy atom. The molecule has 0 aliphatic carbocycles. The van der Waals surface area contributed by atoms with Crippen LogP contribution in [-0.4, -0.2) is 24.6 Å². The summed E-state index contributed by atoms with van der Waals surface area (Å²) < 4.78 is 1.21. The van der Waals surface area contributed by atoms with Crippen LogP contribution in [0, 0.1) is 3.57 Å². The summed E-state index contributed by atoms with van der Waals surface area (Å²) in [6.45, 7) is 3.10. The molecule has 0 aliphatic heterocycles. The zero-order valence-electron chi connectivity index (χ0n) is 13.3. The van der Waals surface area contributed by atoms with Crippen LogP contribution in [0.15, 0.2) is 60.8 Å². The molecule has 1 unspecified atom stereocenters. The van der Waals surface area contributed by atoms with Crippen LogP contribution < -0.4 is 10.2 Å². The third-order valence-corrected chi connectivity index (χ3v) is 4.79. The molecule has 2 aromatic carbocycles. The smallest absolute Gasteiger partial charge is 0.0733 e. The Morgan fingerprint density at radius 2 is 1.91 bits per heavy atom. The molecule has 4 heteroatoms. The lowest BCUT2D eigenvalue weighted by Gasteiger charge is -2.27. The molecule has 0 fully saturated rings. The van der Waals surface area contributed by atoms with E-state index >= 15 is 0 Å². The number of rotatable bonds is 5. The molecule has 0 saturated heterocycles. The number of nitrogens with one attached hydrogen (secondary N) is 1. The van der Waals surface area contributed by atoms with Gasteiger partial charge in [-0.2, -0.15) is 0 Å². The average molecular weight is 417 g/mol. The van der Waals surface area contributed by atoms with Gasteiger partial charge < -0.3 is 10.2 Å². The van der Waals surface area contributed by atoms with Gasteiger partial charge in [-0.25, -0.2) is 0 Å². The standard InChI is InChI=1S/C19H20IN3/c1-14(23(2)16-6-4-3-5-7-16)13-22-18-10-11-21-19-12-15(20)8-9-17(18)19/h3-12,14H,13H2,1-2H3,(H,21,22). The van der Waals surface area contributed by atoms with E-state index in [0.717, 1.165) is 17.7 Å². The van der Waals surface area contributed by atoms with E-state index in [4.69, 9.17) is 0 Å². The summed E-state index contributed by atoms with van der Waals surface area (Å²) >= 11 is 2.32. The molecule has 0 amide bonds. The Kier molecular flexibility index (Phi) is 5.00. The number of hydrogen-bond donors (Lipinski definition) is 1. The van der Waals surface area contributed by atoms with Gasteiger partial charge in [0.1, 0.15) is 0 Å². The first-order valence-corrected chi connectivity index (χ1v) is 8.79. The lowest BCUT2D eigenvalue weighted by molar-refractivity contribution is 0.717. The quantitative estimate of drug-likeness (QED) is 0.606. The number of hydrogen-bond acceptors (Lipinski definition) is 3. The van der Waals surface area contributed by atoms with Gasteiger partial charge in [-0.05, 0) is 65.9 Å². The fourth-order valence-electron chi connectivity index (χ4n) is 2.59. The summed E-state index contributed by atoms with van der Waals surface area (Å²) in [7, 11) is 2.13. The van der Waals surface area contributed by atoms with Crippen LogP contribution in [0.4, 0.5) is 11.4 Å². The second-order valence-electron chi connectivity index (χ2n) is 5.70. The van der Waals surface area contributed by atoms with Crippen LogP contribution in [0.25, 0.3) is 10.9 Å². The fourth-order valence-corrected chi connectivity index (χ4v) is 3.06. The molecule has 1 aromatic heterocycles. The average Bonchev–Trinajstić information content (AvgIpc) is 2.59. The predicted molar refractivity (Wildman–Crippen MR) is 107 cm³/mol. The molecule has 3 nitrogen and oxygen atoms in total. The highest BCUT2D eigenvalue weighted by molar-refractivity contribution is 14.1. The lowest BCUT2D eigenvalue weighted by Crippen LogP contribution is -2.34. The molecule has 23 heavy (non-hydrogen) atoms. The van der Waals surface area contributed by atoms with Crippen LogP contribution in [0.1, 0.15) is 6.92 Å². The molecule has 0 spiro atoms. The highest BCUT2D eigenvalue weighted by Gasteiger charge is 2.10. The Balaban J connectivity index is 1.73. The number of likely N-dealkylation sites (N-methyl/N-ethyl adjacent to an activating group) is 1. The Hall–Kier alpha value is -1.82. The van der Waals surface area contributed by atoms with E-state index < -0.39 is 0 Å². The van der Waals surface area contributed by atoms with Gasteiger partial charge in [-0.15, -0.1) is 0 Å². The van der Waals surface area contributed by atoms with Crippen molar-refractivity contribution in [1.29, 1.82) is 0 Å².